The number of alkyl halides is 1. The Morgan fingerprint density at radius 3 is 2.88 bits per heavy atom. The molecular formula is C14H19BrO2. The molecule has 1 aliphatic rings. The van der Waals surface area contributed by atoms with E-state index in [9.17, 15) is 0 Å². The van der Waals surface area contributed by atoms with Crippen molar-refractivity contribution in [2.24, 2.45) is 5.92 Å². The van der Waals surface area contributed by atoms with Crippen molar-refractivity contribution in [2.45, 2.75) is 30.7 Å². The van der Waals surface area contributed by atoms with Crippen molar-refractivity contribution in [3.8, 4) is 5.75 Å². The zero-order valence-electron chi connectivity index (χ0n) is 10.4. The molecule has 94 valence electrons. The second-order valence-electron chi connectivity index (χ2n) is 4.67. The van der Waals surface area contributed by atoms with Gasteiger partial charge in [-0.2, -0.15) is 0 Å². The fourth-order valence-electron chi connectivity index (χ4n) is 2.35. The molecule has 3 heteroatoms. The zero-order chi connectivity index (χ0) is 12.3. The summed E-state index contributed by atoms with van der Waals surface area (Å²) in [6.45, 7) is 3.01. The van der Waals surface area contributed by atoms with E-state index in [1.807, 2.05) is 12.1 Å². The third kappa shape index (κ3) is 3.23. The highest BCUT2D eigenvalue weighted by Gasteiger charge is 2.28. The lowest BCUT2D eigenvalue weighted by Gasteiger charge is -2.17. The van der Waals surface area contributed by atoms with Crippen LogP contribution in [0.1, 0.15) is 18.9 Å². The number of halogens is 1. The van der Waals surface area contributed by atoms with Gasteiger partial charge >= 0.3 is 0 Å². The molecule has 2 rings (SSSR count). The van der Waals surface area contributed by atoms with Gasteiger partial charge < -0.3 is 9.47 Å². The lowest BCUT2D eigenvalue weighted by Crippen LogP contribution is -2.17. The molecule has 0 aliphatic carbocycles. The van der Waals surface area contributed by atoms with E-state index >= 15 is 0 Å². The van der Waals surface area contributed by atoms with E-state index in [0.29, 0.717) is 16.8 Å². The molecule has 1 fully saturated rings. The largest absolute Gasteiger partial charge is 0.496 e. The number of ether oxygens (including phenoxy) is 2. The van der Waals surface area contributed by atoms with Gasteiger partial charge in [0.05, 0.1) is 19.8 Å². The molecule has 0 radical (unpaired) electrons. The normalized spacial score (nSPS) is 25.8. The third-order valence-corrected chi connectivity index (χ3v) is 4.42. The Labute approximate surface area is 111 Å². The SMILES string of the molecule is COc1ccccc1CC(Br)C1COC(C)C1. The molecule has 1 aromatic rings. The Morgan fingerprint density at radius 2 is 2.24 bits per heavy atom. The Balaban J connectivity index is 2.00. The van der Waals surface area contributed by atoms with Crippen LogP contribution in [0.25, 0.3) is 0 Å². The quantitative estimate of drug-likeness (QED) is 0.793. The fraction of sp³-hybridized carbons (Fsp3) is 0.571. The second-order valence-corrected chi connectivity index (χ2v) is 5.85. The molecule has 3 atom stereocenters. The smallest absolute Gasteiger partial charge is 0.122 e. The van der Waals surface area contributed by atoms with Crippen LogP contribution in [0, 0.1) is 5.92 Å². The van der Waals surface area contributed by atoms with E-state index in [-0.39, 0.29) is 0 Å². The van der Waals surface area contributed by atoms with Crippen molar-refractivity contribution in [1.29, 1.82) is 0 Å². The van der Waals surface area contributed by atoms with Crippen LogP contribution in [0.3, 0.4) is 0 Å². The average molecular weight is 299 g/mol. The fourth-order valence-corrected chi connectivity index (χ4v) is 3.07. The molecule has 1 saturated heterocycles. The summed E-state index contributed by atoms with van der Waals surface area (Å²) in [6.07, 6.45) is 2.54. The molecule has 2 nitrogen and oxygen atoms in total. The van der Waals surface area contributed by atoms with Crippen molar-refractivity contribution in [2.75, 3.05) is 13.7 Å². The standard InChI is InChI=1S/C14H19BrO2/c1-10-7-12(9-17-10)13(15)8-11-5-3-4-6-14(11)16-2/h3-6,10,12-13H,7-9H2,1-2H3. The van der Waals surface area contributed by atoms with Crippen molar-refractivity contribution in [3.63, 3.8) is 0 Å². The topological polar surface area (TPSA) is 18.5 Å². The van der Waals surface area contributed by atoms with Crippen molar-refractivity contribution < 1.29 is 9.47 Å². The highest BCUT2D eigenvalue weighted by Crippen LogP contribution is 2.31. The second kappa shape index (κ2) is 5.87. The Hall–Kier alpha value is -0.540. The van der Waals surface area contributed by atoms with Crippen LogP contribution in [-0.2, 0) is 11.2 Å². The van der Waals surface area contributed by atoms with Crippen LogP contribution in [0.2, 0.25) is 0 Å². The summed E-state index contributed by atoms with van der Waals surface area (Å²) >= 11 is 3.80. The summed E-state index contributed by atoms with van der Waals surface area (Å²) < 4.78 is 11.0. The number of hydrogen-bond acceptors (Lipinski definition) is 2. The Kier molecular flexibility index (Phi) is 4.46. The monoisotopic (exact) mass is 298 g/mol. The summed E-state index contributed by atoms with van der Waals surface area (Å²) in [6, 6.07) is 8.22. The number of para-hydroxylation sites is 1. The van der Waals surface area contributed by atoms with Crippen molar-refractivity contribution in [1.82, 2.24) is 0 Å². The molecule has 0 amide bonds. The highest BCUT2D eigenvalue weighted by molar-refractivity contribution is 9.09. The van der Waals surface area contributed by atoms with Crippen LogP contribution in [0.5, 0.6) is 5.75 Å². The van der Waals surface area contributed by atoms with Gasteiger partial charge in [-0.15, -0.1) is 0 Å². The van der Waals surface area contributed by atoms with E-state index < -0.39 is 0 Å². The van der Waals surface area contributed by atoms with Gasteiger partial charge in [-0.1, -0.05) is 34.1 Å². The summed E-state index contributed by atoms with van der Waals surface area (Å²) in [5, 5.41) is 0. The molecule has 1 aliphatic heterocycles. The number of hydrogen-bond donors (Lipinski definition) is 0. The van der Waals surface area contributed by atoms with Gasteiger partial charge in [-0.25, -0.2) is 0 Å². The molecule has 1 heterocycles. The maximum absolute atomic E-state index is 5.62. The van der Waals surface area contributed by atoms with Crippen LogP contribution in [0.4, 0.5) is 0 Å². The van der Waals surface area contributed by atoms with Crippen LogP contribution >= 0.6 is 15.9 Å². The molecule has 3 unspecified atom stereocenters. The lowest BCUT2D eigenvalue weighted by atomic mass is 9.96. The van der Waals surface area contributed by atoms with E-state index in [1.54, 1.807) is 7.11 Å². The summed E-state index contributed by atoms with van der Waals surface area (Å²) in [4.78, 5) is 0.462. The zero-order valence-corrected chi connectivity index (χ0v) is 11.9. The molecule has 0 N–H and O–H groups in total. The predicted octanol–water partition coefficient (Wildman–Crippen LogP) is 3.43. The molecule has 0 saturated carbocycles. The summed E-state index contributed by atoms with van der Waals surface area (Å²) in [7, 11) is 1.73. The van der Waals surface area contributed by atoms with Gasteiger partial charge in [0.1, 0.15) is 5.75 Å². The minimum Gasteiger partial charge on any atom is -0.496 e. The van der Waals surface area contributed by atoms with Gasteiger partial charge in [-0.3, -0.25) is 0 Å². The first-order chi connectivity index (χ1) is 8.20. The summed E-state index contributed by atoms with van der Waals surface area (Å²) in [5.74, 6) is 1.58. The van der Waals surface area contributed by atoms with E-state index in [1.165, 1.54) is 5.56 Å². The maximum atomic E-state index is 5.62. The van der Waals surface area contributed by atoms with E-state index in [2.05, 4.69) is 35.0 Å². The first-order valence-electron chi connectivity index (χ1n) is 6.08. The van der Waals surface area contributed by atoms with Gasteiger partial charge in [0, 0.05) is 4.83 Å². The van der Waals surface area contributed by atoms with Gasteiger partial charge in [0.25, 0.3) is 0 Å². The number of methoxy groups -OCH3 is 1. The van der Waals surface area contributed by atoms with E-state index in [0.717, 1.165) is 25.2 Å². The minimum atomic E-state index is 0.401. The molecular weight excluding hydrogens is 280 g/mol. The molecule has 0 spiro atoms. The molecule has 1 aromatic carbocycles. The first kappa shape index (κ1) is 12.9. The number of rotatable bonds is 4. The molecule has 17 heavy (non-hydrogen) atoms. The van der Waals surface area contributed by atoms with Gasteiger partial charge in [0.2, 0.25) is 0 Å². The van der Waals surface area contributed by atoms with Crippen LogP contribution < -0.4 is 4.74 Å². The van der Waals surface area contributed by atoms with E-state index in [4.69, 9.17) is 9.47 Å². The number of benzene rings is 1. The van der Waals surface area contributed by atoms with Gasteiger partial charge in [0.15, 0.2) is 0 Å². The first-order valence-corrected chi connectivity index (χ1v) is 7.00. The van der Waals surface area contributed by atoms with Crippen molar-refractivity contribution >= 4 is 15.9 Å². The van der Waals surface area contributed by atoms with Crippen LogP contribution in [0.15, 0.2) is 24.3 Å². The summed E-state index contributed by atoms with van der Waals surface area (Å²) in [5.41, 5.74) is 1.26. The van der Waals surface area contributed by atoms with Gasteiger partial charge in [-0.05, 0) is 37.3 Å². The Bertz CT molecular complexity index is 367. The predicted molar refractivity (Wildman–Crippen MR) is 72.9 cm³/mol. The molecule has 0 bridgehead atoms. The lowest BCUT2D eigenvalue weighted by molar-refractivity contribution is 0.120. The van der Waals surface area contributed by atoms with Crippen molar-refractivity contribution in [3.05, 3.63) is 29.8 Å². The maximum Gasteiger partial charge on any atom is 0.122 e. The minimum absolute atomic E-state index is 0.401. The molecule has 0 aromatic heterocycles. The highest BCUT2D eigenvalue weighted by atomic mass is 79.9. The third-order valence-electron chi connectivity index (χ3n) is 3.35. The average Bonchev–Trinajstić information content (AvgIpc) is 2.77. The Morgan fingerprint density at radius 1 is 1.47 bits per heavy atom. The van der Waals surface area contributed by atoms with Crippen LogP contribution in [-0.4, -0.2) is 24.6 Å².